The molecule has 11 heavy (non-hydrogen) atoms. The highest BCUT2D eigenvalue weighted by Crippen LogP contribution is 2.32. The maximum absolute atomic E-state index is 12.3. The summed E-state index contributed by atoms with van der Waals surface area (Å²) in [5, 5.41) is 0. The lowest BCUT2D eigenvalue weighted by atomic mass is 10.0. The van der Waals surface area contributed by atoms with Crippen molar-refractivity contribution < 1.29 is 17.6 Å². The molecular formula is C6H11F4N. The molecule has 0 saturated carbocycles. The Bertz CT molecular complexity index is 115. The number of alkyl halides is 4. The van der Waals surface area contributed by atoms with E-state index in [0.29, 0.717) is 0 Å². The van der Waals surface area contributed by atoms with Gasteiger partial charge in [0.05, 0.1) is 0 Å². The van der Waals surface area contributed by atoms with Crippen LogP contribution in [-0.4, -0.2) is 18.9 Å². The van der Waals surface area contributed by atoms with Gasteiger partial charge in [-0.2, -0.15) is 8.78 Å². The van der Waals surface area contributed by atoms with Gasteiger partial charge in [-0.1, -0.05) is 6.92 Å². The first-order valence-corrected chi connectivity index (χ1v) is 3.29. The number of hydrogen-bond donors (Lipinski definition) is 1. The molecule has 0 radical (unpaired) electrons. The van der Waals surface area contributed by atoms with Crippen LogP contribution in [0.5, 0.6) is 0 Å². The van der Waals surface area contributed by atoms with Crippen LogP contribution in [0.2, 0.25) is 0 Å². The summed E-state index contributed by atoms with van der Waals surface area (Å²) in [6.07, 6.45) is -3.68. The molecule has 1 nitrogen and oxygen atoms in total. The lowest BCUT2D eigenvalue weighted by molar-refractivity contribution is -0.162. The Morgan fingerprint density at radius 1 is 1.36 bits per heavy atom. The molecule has 0 bridgehead atoms. The topological polar surface area (TPSA) is 26.0 Å². The predicted molar refractivity (Wildman–Crippen MR) is 33.8 cm³/mol. The fraction of sp³-hybridized carbons (Fsp3) is 1.00. The Hall–Kier alpha value is -0.320. The van der Waals surface area contributed by atoms with E-state index in [0.717, 1.165) is 6.92 Å². The van der Waals surface area contributed by atoms with Crippen molar-refractivity contribution in [1.29, 1.82) is 0 Å². The first-order chi connectivity index (χ1) is 4.92. The highest BCUT2D eigenvalue weighted by molar-refractivity contribution is 4.76. The third kappa shape index (κ3) is 2.65. The summed E-state index contributed by atoms with van der Waals surface area (Å²) in [7, 11) is 0. The minimum Gasteiger partial charge on any atom is -0.330 e. The summed E-state index contributed by atoms with van der Waals surface area (Å²) < 4.78 is 47.8. The molecule has 0 spiro atoms. The van der Waals surface area contributed by atoms with Gasteiger partial charge in [-0.3, -0.25) is 0 Å². The number of hydrogen-bond acceptors (Lipinski definition) is 1. The molecular weight excluding hydrogens is 162 g/mol. The summed E-state index contributed by atoms with van der Waals surface area (Å²) in [6.45, 7) is 1.07. The zero-order chi connectivity index (χ0) is 9.07. The second-order valence-electron chi connectivity index (χ2n) is 2.45. The molecule has 5 heteroatoms. The van der Waals surface area contributed by atoms with Crippen molar-refractivity contribution >= 4 is 0 Å². The largest absolute Gasteiger partial charge is 0.330 e. The summed E-state index contributed by atoms with van der Waals surface area (Å²) in [5.41, 5.74) is 4.95. The van der Waals surface area contributed by atoms with E-state index >= 15 is 0 Å². The molecule has 0 heterocycles. The van der Waals surface area contributed by atoms with Gasteiger partial charge in [-0.05, 0) is 13.0 Å². The maximum atomic E-state index is 12.3. The van der Waals surface area contributed by atoms with Gasteiger partial charge in [-0.15, -0.1) is 0 Å². The van der Waals surface area contributed by atoms with Crippen LogP contribution in [0.3, 0.4) is 0 Å². The Morgan fingerprint density at radius 3 is 2.09 bits per heavy atom. The molecule has 0 aromatic carbocycles. The minimum absolute atomic E-state index is 0.00345. The van der Waals surface area contributed by atoms with Gasteiger partial charge in [0, 0.05) is 5.92 Å². The maximum Gasteiger partial charge on any atom is 0.310 e. The summed E-state index contributed by atoms with van der Waals surface area (Å²) in [4.78, 5) is 0. The van der Waals surface area contributed by atoms with Crippen molar-refractivity contribution in [1.82, 2.24) is 0 Å². The van der Waals surface area contributed by atoms with Crippen LogP contribution in [0.1, 0.15) is 13.3 Å². The summed E-state index contributed by atoms with van der Waals surface area (Å²) in [6, 6.07) is 0. The summed E-state index contributed by atoms with van der Waals surface area (Å²) >= 11 is 0. The molecule has 0 saturated heterocycles. The second-order valence-corrected chi connectivity index (χ2v) is 2.45. The van der Waals surface area contributed by atoms with E-state index in [9.17, 15) is 17.6 Å². The highest BCUT2D eigenvalue weighted by atomic mass is 19.3. The monoisotopic (exact) mass is 173 g/mol. The molecule has 68 valence electrons. The van der Waals surface area contributed by atoms with Crippen molar-refractivity contribution in [2.24, 2.45) is 11.7 Å². The SMILES string of the molecule is CC(CCN)C(F)(F)C(F)F. The zero-order valence-electron chi connectivity index (χ0n) is 6.16. The van der Waals surface area contributed by atoms with Crippen LogP contribution in [-0.2, 0) is 0 Å². The molecule has 0 aliphatic heterocycles. The molecule has 0 aromatic rings. The predicted octanol–water partition coefficient (Wildman–Crippen LogP) is 1.87. The van der Waals surface area contributed by atoms with E-state index < -0.39 is 18.3 Å². The molecule has 0 aliphatic carbocycles. The molecule has 0 rings (SSSR count). The van der Waals surface area contributed by atoms with Gasteiger partial charge in [0.15, 0.2) is 0 Å². The van der Waals surface area contributed by atoms with Gasteiger partial charge in [0.2, 0.25) is 0 Å². The van der Waals surface area contributed by atoms with E-state index in [1.165, 1.54) is 0 Å². The number of rotatable bonds is 4. The van der Waals surface area contributed by atoms with Crippen molar-refractivity contribution in [3.05, 3.63) is 0 Å². The molecule has 0 fully saturated rings. The molecule has 0 amide bonds. The Kier molecular flexibility index (Phi) is 3.78. The normalized spacial score (nSPS) is 15.5. The average molecular weight is 173 g/mol. The van der Waals surface area contributed by atoms with E-state index in [-0.39, 0.29) is 13.0 Å². The van der Waals surface area contributed by atoms with Crippen molar-refractivity contribution in [2.75, 3.05) is 6.54 Å². The van der Waals surface area contributed by atoms with Crippen molar-refractivity contribution in [3.63, 3.8) is 0 Å². The van der Waals surface area contributed by atoms with E-state index in [1.54, 1.807) is 0 Å². The van der Waals surface area contributed by atoms with Crippen molar-refractivity contribution in [3.8, 4) is 0 Å². The molecule has 2 N–H and O–H groups in total. The van der Waals surface area contributed by atoms with Gasteiger partial charge >= 0.3 is 12.3 Å². The Labute approximate surface area is 62.6 Å². The first-order valence-electron chi connectivity index (χ1n) is 3.29. The molecule has 1 atom stereocenters. The highest BCUT2D eigenvalue weighted by Gasteiger charge is 2.45. The van der Waals surface area contributed by atoms with E-state index in [2.05, 4.69) is 0 Å². The fourth-order valence-corrected chi connectivity index (χ4v) is 0.658. The quantitative estimate of drug-likeness (QED) is 0.645. The fourth-order valence-electron chi connectivity index (χ4n) is 0.658. The molecule has 0 aromatic heterocycles. The third-order valence-corrected chi connectivity index (χ3v) is 1.55. The van der Waals surface area contributed by atoms with Crippen LogP contribution in [0.25, 0.3) is 0 Å². The summed E-state index contributed by atoms with van der Waals surface area (Å²) in [5.74, 6) is -5.26. The number of halogens is 4. The lowest BCUT2D eigenvalue weighted by Gasteiger charge is -2.21. The molecule has 1 unspecified atom stereocenters. The van der Waals surface area contributed by atoms with E-state index in [1.807, 2.05) is 0 Å². The Morgan fingerprint density at radius 2 is 1.82 bits per heavy atom. The van der Waals surface area contributed by atoms with Crippen LogP contribution in [0, 0.1) is 5.92 Å². The number of nitrogens with two attached hydrogens (primary N) is 1. The van der Waals surface area contributed by atoms with Crippen molar-refractivity contribution in [2.45, 2.75) is 25.7 Å². The minimum atomic E-state index is -3.90. The van der Waals surface area contributed by atoms with Crippen LogP contribution in [0.4, 0.5) is 17.6 Å². The van der Waals surface area contributed by atoms with Gasteiger partial charge in [0.1, 0.15) is 0 Å². The second kappa shape index (κ2) is 3.90. The lowest BCUT2D eigenvalue weighted by Crippen LogP contribution is -2.35. The van der Waals surface area contributed by atoms with Gasteiger partial charge in [-0.25, -0.2) is 8.78 Å². The van der Waals surface area contributed by atoms with E-state index in [4.69, 9.17) is 5.73 Å². The first kappa shape index (κ1) is 10.7. The molecule has 0 aliphatic rings. The third-order valence-electron chi connectivity index (χ3n) is 1.55. The van der Waals surface area contributed by atoms with Crippen LogP contribution < -0.4 is 5.73 Å². The Balaban J connectivity index is 4.05. The standard InChI is InChI=1S/C6H11F4N/c1-4(2-3-11)6(9,10)5(7)8/h4-5H,2-3,11H2,1H3. The smallest absolute Gasteiger partial charge is 0.310 e. The van der Waals surface area contributed by atoms with Gasteiger partial charge in [0.25, 0.3) is 0 Å². The van der Waals surface area contributed by atoms with Crippen LogP contribution in [0.15, 0.2) is 0 Å². The van der Waals surface area contributed by atoms with Gasteiger partial charge < -0.3 is 5.73 Å². The zero-order valence-corrected chi connectivity index (χ0v) is 6.16. The average Bonchev–Trinajstić information content (AvgIpc) is 1.88. The van der Waals surface area contributed by atoms with Crippen LogP contribution >= 0.6 is 0 Å².